The van der Waals surface area contributed by atoms with Crippen molar-refractivity contribution in [2.24, 2.45) is 0 Å². The van der Waals surface area contributed by atoms with E-state index < -0.39 is 15.8 Å². The van der Waals surface area contributed by atoms with Crippen LogP contribution in [-0.2, 0) is 10.0 Å². The molecule has 0 radical (unpaired) electrons. The summed E-state index contributed by atoms with van der Waals surface area (Å²) in [5.74, 6) is -0.699. The van der Waals surface area contributed by atoms with Crippen LogP contribution in [0.4, 0.5) is 10.1 Å². The molecule has 2 N–H and O–H groups in total. The van der Waals surface area contributed by atoms with E-state index in [9.17, 15) is 12.8 Å². The number of aryl methyl sites for hydroxylation is 1. The minimum Gasteiger partial charge on any atom is -0.399 e. The van der Waals surface area contributed by atoms with E-state index in [0.29, 0.717) is 13.1 Å². The van der Waals surface area contributed by atoms with Crippen molar-refractivity contribution in [1.29, 1.82) is 0 Å². The van der Waals surface area contributed by atoms with E-state index in [1.165, 1.54) is 23.4 Å². The van der Waals surface area contributed by atoms with E-state index in [-0.39, 0.29) is 16.1 Å². The fourth-order valence-corrected chi connectivity index (χ4v) is 3.89. The summed E-state index contributed by atoms with van der Waals surface area (Å²) in [5.41, 5.74) is 6.13. The zero-order chi connectivity index (χ0) is 13.3. The molecule has 0 unspecified atom stereocenters. The Labute approximate surface area is 107 Å². The first kappa shape index (κ1) is 13.3. The average Bonchev–Trinajstić information content (AvgIpc) is 2.34. The van der Waals surface area contributed by atoms with Gasteiger partial charge in [-0.25, -0.2) is 12.8 Å². The van der Waals surface area contributed by atoms with Gasteiger partial charge in [-0.3, -0.25) is 0 Å². The SMILES string of the molecule is Cc1cc(N)cc(S(=O)(=O)N2CCCCC2)c1F. The van der Waals surface area contributed by atoms with E-state index in [1.807, 2.05) is 0 Å². The lowest BCUT2D eigenvalue weighted by Crippen LogP contribution is -2.36. The molecule has 1 saturated heterocycles. The molecule has 0 aliphatic carbocycles. The van der Waals surface area contributed by atoms with Crippen molar-refractivity contribution in [3.05, 3.63) is 23.5 Å². The van der Waals surface area contributed by atoms with Crippen molar-refractivity contribution < 1.29 is 12.8 Å². The predicted molar refractivity (Wildman–Crippen MR) is 68.2 cm³/mol. The molecule has 4 nitrogen and oxygen atoms in total. The molecule has 0 bridgehead atoms. The molecule has 0 aromatic heterocycles. The number of nitrogens with zero attached hydrogens (tertiary/aromatic N) is 1. The van der Waals surface area contributed by atoms with E-state index in [2.05, 4.69) is 0 Å². The van der Waals surface area contributed by atoms with Crippen LogP contribution in [0.1, 0.15) is 24.8 Å². The van der Waals surface area contributed by atoms with Crippen molar-refractivity contribution in [3.8, 4) is 0 Å². The molecule has 0 amide bonds. The highest BCUT2D eigenvalue weighted by Crippen LogP contribution is 2.26. The molecule has 2 rings (SSSR count). The molecule has 1 aliphatic rings. The molecule has 0 saturated carbocycles. The van der Waals surface area contributed by atoms with Gasteiger partial charge in [-0.15, -0.1) is 0 Å². The van der Waals surface area contributed by atoms with Crippen LogP contribution < -0.4 is 5.73 Å². The second-order valence-electron chi connectivity index (χ2n) is 4.61. The van der Waals surface area contributed by atoms with Gasteiger partial charge >= 0.3 is 0 Å². The monoisotopic (exact) mass is 272 g/mol. The summed E-state index contributed by atoms with van der Waals surface area (Å²) < 4.78 is 40.0. The standard InChI is InChI=1S/C12H17FN2O2S/c1-9-7-10(14)8-11(12(9)13)18(16,17)15-5-3-2-4-6-15/h7-8H,2-6,14H2,1H3. The largest absolute Gasteiger partial charge is 0.399 e. The first-order valence-electron chi connectivity index (χ1n) is 5.98. The fraction of sp³-hybridized carbons (Fsp3) is 0.500. The molecule has 18 heavy (non-hydrogen) atoms. The number of nitrogen functional groups attached to an aromatic ring is 1. The van der Waals surface area contributed by atoms with Gasteiger partial charge in [-0.2, -0.15) is 4.31 Å². The zero-order valence-corrected chi connectivity index (χ0v) is 11.1. The predicted octanol–water partition coefficient (Wildman–Crippen LogP) is 1.89. The number of piperidine rings is 1. The topological polar surface area (TPSA) is 63.4 Å². The summed E-state index contributed by atoms with van der Waals surface area (Å²) in [7, 11) is -3.76. The number of hydrogen-bond acceptors (Lipinski definition) is 3. The molecule has 6 heteroatoms. The maximum absolute atomic E-state index is 14.0. The summed E-state index contributed by atoms with van der Waals surface area (Å²) >= 11 is 0. The minimum absolute atomic E-state index is 0.255. The van der Waals surface area contributed by atoms with Gasteiger partial charge in [-0.1, -0.05) is 6.42 Å². The first-order chi connectivity index (χ1) is 8.43. The molecule has 1 aliphatic heterocycles. The number of nitrogens with two attached hydrogens (primary N) is 1. The minimum atomic E-state index is -3.76. The second-order valence-corrected chi connectivity index (χ2v) is 6.52. The highest BCUT2D eigenvalue weighted by molar-refractivity contribution is 7.89. The Morgan fingerprint density at radius 3 is 2.44 bits per heavy atom. The lowest BCUT2D eigenvalue weighted by Gasteiger charge is -2.26. The van der Waals surface area contributed by atoms with E-state index >= 15 is 0 Å². The van der Waals surface area contributed by atoms with Crippen molar-refractivity contribution in [2.45, 2.75) is 31.1 Å². The number of anilines is 1. The summed E-state index contributed by atoms with van der Waals surface area (Å²) in [5, 5.41) is 0. The third kappa shape index (κ3) is 2.35. The molecule has 1 aromatic carbocycles. The zero-order valence-electron chi connectivity index (χ0n) is 10.3. The highest BCUT2D eigenvalue weighted by Gasteiger charge is 2.29. The first-order valence-corrected chi connectivity index (χ1v) is 7.42. The van der Waals surface area contributed by atoms with Gasteiger partial charge in [0.1, 0.15) is 10.7 Å². The maximum Gasteiger partial charge on any atom is 0.246 e. The number of sulfonamides is 1. The molecular weight excluding hydrogens is 255 g/mol. The Balaban J connectivity index is 2.46. The lowest BCUT2D eigenvalue weighted by molar-refractivity contribution is 0.345. The van der Waals surface area contributed by atoms with E-state index in [4.69, 9.17) is 5.73 Å². The molecule has 100 valence electrons. The van der Waals surface area contributed by atoms with Crippen LogP contribution in [0.2, 0.25) is 0 Å². The second kappa shape index (κ2) is 4.85. The van der Waals surface area contributed by atoms with Gasteiger partial charge in [0.15, 0.2) is 0 Å². The van der Waals surface area contributed by atoms with Crippen molar-refractivity contribution in [3.63, 3.8) is 0 Å². The molecule has 0 atom stereocenters. The van der Waals surface area contributed by atoms with Crippen LogP contribution in [0.25, 0.3) is 0 Å². The van der Waals surface area contributed by atoms with Gasteiger partial charge in [0.25, 0.3) is 0 Å². The van der Waals surface area contributed by atoms with Gasteiger partial charge in [-0.05, 0) is 37.5 Å². The number of rotatable bonds is 2. The smallest absolute Gasteiger partial charge is 0.246 e. The Hall–Kier alpha value is -1.14. The Bertz CT molecular complexity index is 551. The molecule has 1 aromatic rings. The van der Waals surface area contributed by atoms with Crippen molar-refractivity contribution in [1.82, 2.24) is 4.31 Å². The summed E-state index contributed by atoms with van der Waals surface area (Å²) in [6.07, 6.45) is 2.66. The van der Waals surface area contributed by atoms with E-state index in [1.54, 1.807) is 0 Å². The summed E-state index contributed by atoms with van der Waals surface area (Å²) in [6, 6.07) is 2.64. The molecular formula is C12H17FN2O2S. The van der Waals surface area contributed by atoms with Gasteiger partial charge < -0.3 is 5.73 Å². The number of hydrogen-bond donors (Lipinski definition) is 1. The van der Waals surface area contributed by atoms with Crippen molar-refractivity contribution >= 4 is 15.7 Å². The summed E-state index contributed by atoms with van der Waals surface area (Å²) in [6.45, 7) is 2.42. The normalized spacial score (nSPS) is 17.9. The Morgan fingerprint density at radius 2 is 1.83 bits per heavy atom. The fourth-order valence-electron chi connectivity index (χ4n) is 2.20. The molecule has 0 spiro atoms. The number of benzene rings is 1. The average molecular weight is 272 g/mol. The number of halogens is 1. The van der Waals surface area contributed by atoms with E-state index in [0.717, 1.165) is 19.3 Å². The van der Waals surface area contributed by atoms with Crippen LogP contribution in [0.3, 0.4) is 0 Å². The third-order valence-electron chi connectivity index (χ3n) is 3.18. The van der Waals surface area contributed by atoms with Gasteiger partial charge in [0.2, 0.25) is 10.0 Å². The van der Waals surface area contributed by atoms with Crippen molar-refractivity contribution in [2.75, 3.05) is 18.8 Å². The molecule has 1 fully saturated rings. The maximum atomic E-state index is 14.0. The van der Waals surface area contributed by atoms with Gasteiger partial charge in [0, 0.05) is 18.8 Å². The van der Waals surface area contributed by atoms with Crippen LogP contribution in [-0.4, -0.2) is 25.8 Å². The highest BCUT2D eigenvalue weighted by atomic mass is 32.2. The molecule has 1 heterocycles. The third-order valence-corrected chi connectivity index (χ3v) is 5.07. The van der Waals surface area contributed by atoms with Crippen LogP contribution in [0.15, 0.2) is 17.0 Å². The van der Waals surface area contributed by atoms with Gasteiger partial charge in [0.05, 0.1) is 0 Å². The van der Waals surface area contributed by atoms with Crippen LogP contribution >= 0.6 is 0 Å². The lowest BCUT2D eigenvalue weighted by atomic mass is 10.2. The van der Waals surface area contributed by atoms with Crippen LogP contribution in [0.5, 0.6) is 0 Å². The summed E-state index contributed by atoms with van der Waals surface area (Å²) in [4.78, 5) is -0.304. The Kier molecular flexibility index (Phi) is 3.59. The Morgan fingerprint density at radius 1 is 1.22 bits per heavy atom. The van der Waals surface area contributed by atoms with Crippen LogP contribution in [0, 0.1) is 12.7 Å². The quantitative estimate of drug-likeness (QED) is 0.836.